The molecule has 6 heteroatoms. The van der Waals surface area contributed by atoms with Crippen LogP contribution in [0.1, 0.15) is 26.7 Å². The van der Waals surface area contributed by atoms with Gasteiger partial charge < -0.3 is 11.1 Å². The van der Waals surface area contributed by atoms with Crippen molar-refractivity contribution in [3.05, 3.63) is 12.4 Å². The maximum atomic E-state index is 11.7. The monoisotopic (exact) mass is 253 g/mol. The van der Waals surface area contributed by atoms with Gasteiger partial charge in [-0.15, -0.1) is 5.10 Å². The van der Waals surface area contributed by atoms with E-state index < -0.39 is 0 Å². The Bertz CT molecular complexity index is 336. The van der Waals surface area contributed by atoms with Crippen LogP contribution in [0.4, 0.5) is 0 Å². The van der Waals surface area contributed by atoms with Gasteiger partial charge in [-0.3, -0.25) is 9.48 Å². The highest BCUT2D eigenvalue weighted by Crippen LogP contribution is 2.13. The molecule has 1 amide bonds. The number of carbonyl (C=O) groups excluding carboxylic acids is 1. The fourth-order valence-electron chi connectivity index (χ4n) is 1.93. The van der Waals surface area contributed by atoms with Crippen LogP contribution in [0, 0.1) is 11.8 Å². The predicted molar refractivity (Wildman–Crippen MR) is 69.6 cm³/mol. The van der Waals surface area contributed by atoms with Crippen molar-refractivity contribution < 1.29 is 4.79 Å². The lowest BCUT2D eigenvalue weighted by atomic mass is 9.94. The van der Waals surface area contributed by atoms with E-state index in [0.29, 0.717) is 32.0 Å². The molecule has 1 aromatic heterocycles. The Kier molecular flexibility index (Phi) is 6.35. The van der Waals surface area contributed by atoms with Crippen molar-refractivity contribution in [1.82, 2.24) is 20.3 Å². The quantitative estimate of drug-likeness (QED) is 0.702. The Morgan fingerprint density at radius 2 is 2.28 bits per heavy atom. The van der Waals surface area contributed by atoms with Crippen LogP contribution in [0.15, 0.2) is 12.4 Å². The zero-order valence-electron chi connectivity index (χ0n) is 11.2. The van der Waals surface area contributed by atoms with Crippen LogP contribution in [-0.4, -0.2) is 34.0 Å². The first kappa shape index (κ1) is 14.6. The molecule has 0 saturated carbocycles. The van der Waals surface area contributed by atoms with E-state index >= 15 is 0 Å². The van der Waals surface area contributed by atoms with Crippen LogP contribution in [0.5, 0.6) is 0 Å². The molecule has 102 valence electrons. The summed E-state index contributed by atoms with van der Waals surface area (Å²) in [6.07, 6.45) is 4.89. The highest BCUT2D eigenvalue weighted by molar-refractivity contribution is 5.76. The highest BCUT2D eigenvalue weighted by Gasteiger charge is 2.13. The zero-order chi connectivity index (χ0) is 13.4. The summed E-state index contributed by atoms with van der Waals surface area (Å²) >= 11 is 0. The molecule has 1 atom stereocenters. The molecule has 0 spiro atoms. The van der Waals surface area contributed by atoms with Crippen molar-refractivity contribution in [2.45, 2.75) is 33.2 Å². The standard InChI is InChI=1S/C12H23N5O/c1-10(2)7-11(9-13)8-12(18)14-3-5-17-6-4-15-16-17/h4,6,10-11H,3,5,7-9,13H2,1-2H3,(H,14,18)/t11-/m0/s1. The molecule has 1 heterocycles. The molecule has 0 aliphatic heterocycles. The van der Waals surface area contributed by atoms with Gasteiger partial charge in [0.05, 0.1) is 12.7 Å². The van der Waals surface area contributed by atoms with Gasteiger partial charge in [-0.25, -0.2) is 0 Å². The molecule has 0 aliphatic rings. The van der Waals surface area contributed by atoms with Crippen LogP contribution in [-0.2, 0) is 11.3 Å². The van der Waals surface area contributed by atoms with Crippen LogP contribution in [0.25, 0.3) is 0 Å². The Labute approximate surface area is 108 Å². The molecule has 0 aliphatic carbocycles. The molecule has 1 rings (SSSR count). The van der Waals surface area contributed by atoms with Gasteiger partial charge in [-0.1, -0.05) is 19.1 Å². The lowest BCUT2D eigenvalue weighted by molar-refractivity contribution is -0.122. The number of nitrogens with one attached hydrogen (secondary N) is 1. The van der Waals surface area contributed by atoms with Gasteiger partial charge >= 0.3 is 0 Å². The Morgan fingerprint density at radius 1 is 1.50 bits per heavy atom. The van der Waals surface area contributed by atoms with Crippen molar-refractivity contribution >= 4 is 5.91 Å². The number of hydrogen-bond acceptors (Lipinski definition) is 4. The maximum absolute atomic E-state index is 11.7. The molecule has 6 nitrogen and oxygen atoms in total. The Hall–Kier alpha value is -1.43. The van der Waals surface area contributed by atoms with Gasteiger partial charge in [0.25, 0.3) is 0 Å². The first-order valence-electron chi connectivity index (χ1n) is 6.42. The average molecular weight is 253 g/mol. The summed E-state index contributed by atoms with van der Waals surface area (Å²) in [6.45, 7) is 6.07. The summed E-state index contributed by atoms with van der Waals surface area (Å²) in [6, 6.07) is 0. The minimum Gasteiger partial charge on any atom is -0.354 e. The van der Waals surface area contributed by atoms with Crippen molar-refractivity contribution in [2.24, 2.45) is 17.6 Å². The molecule has 0 fully saturated rings. The minimum atomic E-state index is 0.0613. The number of carbonyl (C=O) groups is 1. The van der Waals surface area contributed by atoms with Gasteiger partial charge in [0.2, 0.25) is 5.91 Å². The molecular weight excluding hydrogens is 230 g/mol. The van der Waals surface area contributed by atoms with Gasteiger partial charge in [0.15, 0.2) is 0 Å². The fourth-order valence-corrected chi connectivity index (χ4v) is 1.93. The van der Waals surface area contributed by atoms with E-state index in [9.17, 15) is 4.79 Å². The molecule has 18 heavy (non-hydrogen) atoms. The number of amides is 1. The lowest BCUT2D eigenvalue weighted by Crippen LogP contribution is -2.31. The predicted octanol–water partition coefficient (Wildman–Crippen LogP) is 0.405. The Morgan fingerprint density at radius 3 is 2.83 bits per heavy atom. The molecule has 3 N–H and O–H groups in total. The van der Waals surface area contributed by atoms with E-state index in [4.69, 9.17) is 5.73 Å². The SMILES string of the molecule is CC(C)C[C@H](CN)CC(=O)NCCn1ccnn1. The molecular formula is C12H23N5O. The van der Waals surface area contributed by atoms with Crippen molar-refractivity contribution in [3.8, 4) is 0 Å². The van der Waals surface area contributed by atoms with E-state index in [1.54, 1.807) is 17.1 Å². The molecule has 0 bridgehead atoms. The van der Waals surface area contributed by atoms with E-state index in [2.05, 4.69) is 29.5 Å². The van der Waals surface area contributed by atoms with Crippen LogP contribution < -0.4 is 11.1 Å². The zero-order valence-corrected chi connectivity index (χ0v) is 11.2. The first-order chi connectivity index (χ1) is 8.61. The van der Waals surface area contributed by atoms with Crippen LogP contribution in [0.3, 0.4) is 0 Å². The number of nitrogens with zero attached hydrogens (tertiary/aromatic N) is 3. The van der Waals surface area contributed by atoms with Crippen molar-refractivity contribution in [1.29, 1.82) is 0 Å². The number of hydrogen-bond donors (Lipinski definition) is 2. The normalized spacial score (nSPS) is 12.7. The topological polar surface area (TPSA) is 85.8 Å². The van der Waals surface area contributed by atoms with Crippen molar-refractivity contribution in [2.75, 3.05) is 13.1 Å². The number of aromatic nitrogens is 3. The maximum Gasteiger partial charge on any atom is 0.220 e. The molecule has 0 radical (unpaired) electrons. The fraction of sp³-hybridized carbons (Fsp3) is 0.750. The van der Waals surface area contributed by atoms with E-state index in [1.165, 1.54) is 0 Å². The number of rotatable bonds is 8. The average Bonchev–Trinajstić information content (AvgIpc) is 2.80. The van der Waals surface area contributed by atoms with Crippen LogP contribution >= 0.6 is 0 Å². The summed E-state index contributed by atoms with van der Waals surface area (Å²) in [4.78, 5) is 11.7. The van der Waals surface area contributed by atoms with Crippen molar-refractivity contribution in [3.63, 3.8) is 0 Å². The lowest BCUT2D eigenvalue weighted by Gasteiger charge is -2.16. The molecule has 1 aromatic rings. The Balaban J connectivity index is 2.19. The third-order valence-corrected chi connectivity index (χ3v) is 2.75. The summed E-state index contributed by atoms with van der Waals surface area (Å²) in [5.41, 5.74) is 5.67. The summed E-state index contributed by atoms with van der Waals surface area (Å²) in [5, 5.41) is 10.4. The molecule has 0 saturated heterocycles. The third kappa shape index (κ3) is 5.77. The summed E-state index contributed by atoms with van der Waals surface area (Å²) in [5.74, 6) is 0.907. The van der Waals surface area contributed by atoms with Gasteiger partial charge in [0.1, 0.15) is 0 Å². The van der Waals surface area contributed by atoms with Gasteiger partial charge in [-0.2, -0.15) is 0 Å². The first-order valence-corrected chi connectivity index (χ1v) is 6.42. The second-order valence-corrected chi connectivity index (χ2v) is 4.95. The highest BCUT2D eigenvalue weighted by atomic mass is 16.1. The smallest absolute Gasteiger partial charge is 0.220 e. The van der Waals surface area contributed by atoms with Gasteiger partial charge in [0, 0.05) is 19.2 Å². The van der Waals surface area contributed by atoms with E-state index in [1.807, 2.05) is 0 Å². The summed E-state index contributed by atoms with van der Waals surface area (Å²) < 4.78 is 1.69. The second-order valence-electron chi connectivity index (χ2n) is 4.95. The van der Waals surface area contributed by atoms with Gasteiger partial charge in [-0.05, 0) is 24.8 Å². The summed E-state index contributed by atoms with van der Waals surface area (Å²) in [7, 11) is 0. The van der Waals surface area contributed by atoms with Crippen LogP contribution in [0.2, 0.25) is 0 Å². The minimum absolute atomic E-state index is 0.0613. The largest absolute Gasteiger partial charge is 0.354 e. The van der Waals surface area contributed by atoms with E-state index in [0.717, 1.165) is 6.42 Å². The third-order valence-electron chi connectivity index (χ3n) is 2.75. The number of nitrogens with two attached hydrogens (primary N) is 1. The second kappa shape index (κ2) is 7.81. The molecule has 0 unspecified atom stereocenters. The van der Waals surface area contributed by atoms with E-state index in [-0.39, 0.29) is 11.8 Å². The molecule has 0 aromatic carbocycles.